The van der Waals surface area contributed by atoms with E-state index in [0.29, 0.717) is 22.6 Å². The molecule has 0 aromatic heterocycles. The molecule has 192 valence electrons. The van der Waals surface area contributed by atoms with E-state index in [0.717, 1.165) is 0 Å². The Balaban J connectivity index is 1.44. The molecule has 8 bridgehead atoms. The van der Waals surface area contributed by atoms with Crippen molar-refractivity contribution in [3.63, 3.8) is 0 Å². The summed E-state index contributed by atoms with van der Waals surface area (Å²) in [4.78, 5) is 32.3. The van der Waals surface area contributed by atoms with Gasteiger partial charge in [-0.05, 0) is 90.1 Å². The lowest BCUT2D eigenvalue weighted by Crippen LogP contribution is -2.47. The molecule has 0 saturated carbocycles. The van der Waals surface area contributed by atoms with Crippen LogP contribution in [0.3, 0.4) is 0 Å². The lowest BCUT2D eigenvalue weighted by Gasteiger charge is -2.50. The van der Waals surface area contributed by atoms with Crippen LogP contribution >= 0.6 is 33.8 Å². The van der Waals surface area contributed by atoms with Crippen molar-refractivity contribution in [1.29, 1.82) is 0 Å². The largest absolute Gasteiger partial charge is 0.444 e. The third-order valence-corrected chi connectivity index (χ3v) is 15.0. The smallest absolute Gasteiger partial charge is 0.342 e. The maximum atomic E-state index is 12.9. The van der Waals surface area contributed by atoms with E-state index < -0.39 is 45.7 Å². The van der Waals surface area contributed by atoms with Crippen molar-refractivity contribution in [2.45, 2.75) is 52.6 Å². The number of carbonyl (C=O) groups is 2. The first-order valence-electron chi connectivity index (χ1n) is 11.2. The maximum absolute atomic E-state index is 12.9. The summed E-state index contributed by atoms with van der Waals surface area (Å²) in [7, 11) is -5.20. The van der Waals surface area contributed by atoms with Gasteiger partial charge in [0.1, 0.15) is 11.5 Å². The minimum Gasteiger partial charge on any atom is -0.444 e. The Morgan fingerprint density at radius 1 is 0.556 bits per heavy atom. The van der Waals surface area contributed by atoms with E-state index in [1.807, 2.05) is 41.5 Å². The van der Waals surface area contributed by atoms with Crippen LogP contribution in [0, 0.1) is 0 Å². The zero-order valence-electron chi connectivity index (χ0n) is 20.8. The van der Waals surface area contributed by atoms with Gasteiger partial charge in [-0.25, -0.2) is 9.59 Å². The minimum absolute atomic E-state index is 0.293. The lowest BCUT2D eigenvalue weighted by atomic mass is 10.1. The molecular weight excluding hydrogens is 540 g/mol. The molecule has 12 heterocycles. The summed E-state index contributed by atoms with van der Waals surface area (Å²) < 4.78 is 28.1. The Hall–Kier alpha value is -1.46. The van der Waals surface area contributed by atoms with E-state index in [1.165, 1.54) is 0 Å². The Morgan fingerprint density at radius 2 is 0.861 bits per heavy atom. The van der Waals surface area contributed by atoms with Gasteiger partial charge in [0.15, 0.2) is 0 Å². The predicted molar refractivity (Wildman–Crippen MR) is 142 cm³/mol. The summed E-state index contributed by atoms with van der Waals surface area (Å²) >= 11 is 0. The molecule has 0 amide bonds. The summed E-state index contributed by atoms with van der Waals surface area (Å²) in [5.74, 6) is 0.376. The van der Waals surface area contributed by atoms with Crippen LogP contribution in [-0.4, -0.2) is 31.9 Å². The molecular formula is C22H28N4O6P4. The highest BCUT2D eigenvalue weighted by molar-refractivity contribution is 7.79. The van der Waals surface area contributed by atoms with Crippen molar-refractivity contribution < 1.29 is 27.7 Å². The number of nitrogens with one attached hydrogen (secondary N) is 2. The Morgan fingerprint density at radius 3 is 1.17 bits per heavy atom. The van der Waals surface area contributed by atoms with E-state index in [1.54, 1.807) is 48.5 Å². The van der Waals surface area contributed by atoms with Gasteiger partial charge in [0.05, 0.1) is 11.1 Å². The summed E-state index contributed by atoms with van der Waals surface area (Å²) in [6.07, 6.45) is 0. The number of benzene rings is 2. The van der Waals surface area contributed by atoms with Crippen LogP contribution in [0.15, 0.2) is 48.5 Å². The Kier molecular flexibility index (Phi) is 7.04. The molecule has 10 nitrogen and oxygen atoms in total. The van der Waals surface area contributed by atoms with E-state index in [2.05, 4.69) is 18.6 Å². The Bertz CT molecular complexity index is 1060. The van der Waals surface area contributed by atoms with Gasteiger partial charge in [-0.3, -0.25) is 0 Å². The van der Waals surface area contributed by atoms with Gasteiger partial charge in [0.2, 0.25) is 0 Å². The molecule has 12 aliphatic heterocycles. The number of hydrogen-bond donors (Lipinski definition) is 2. The Labute approximate surface area is 215 Å². The number of rotatable bonds is 0. The molecule has 4 unspecified atom stereocenters. The average Bonchev–Trinajstić information content (AvgIpc) is 2.74. The highest BCUT2D eigenvalue weighted by Gasteiger charge is 2.52. The molecule has 0 aliphatic carbocycles. The first-order valence-corrected chi connectivity index (χ1v) is 16.1. The third kappa shape index (κ3) is 5.25. The molecule has 2 saturated heterocycles. The summed E-state index contributed by atoms with van der Waals surface area (Å²) in [5, 5.41) is 0. The topological polar surface area (TPSA) is 102 Å². The lowest BCUT2D eigenvalue weighted by molar-refractivity contribution is 0.0726. The van der Waals surface area contributed by atoms with E-state index >= 15 is 0 Å². The SMILES string of the molecule is CC(C)(C)N1P2NP1Oc1ccc(cc1)C(=O)OP1NP(Oc3ccc(cc3)C(=O)O2)N1C(C)(C)C. The van der Waals surface area contributed by atoms with Crippen LogP contribution in [0.2, 0.25) is 0 Å². The van der Waals surface area contributed by atoms with Crippen molar-refractivity contribution >= 4 is 45.7 Å². The maximum Gasteiger partial charge on any atom is 0.342 e. The van der Waals surface area contributed by atoms with Crippen molar-refractivity contribution in [3.8, 4) is 11.5 Å². The van der Waals surface area contributed by atoms with Crippen LogP contribution in [0.1, 0.15) is 62.3 Å². The summed E-state index contributed by atoms with van der Waals surface area (Å²) in [5.41, 5.74) is 0.277. The van der Waals surface area contributed by atoms with Crippen LogP contribution in [0.25, 0.3) is 0 Å². The van der Waals surface area contributed by atoms with Crippen LogP contribution < -0.4 is 18.8 Å². The molecule has 2 aromatic carbocycles. The second-order valence-corrected chi connectivity index (χ2v) is 16.9. The monoisotopic (exact) mass is 568 g/mol. The van der Waals surface area contributed by atoms with Crippen molar-refractivity contribution in [2.24, 2.45) is 0 Å². The third-order valence-electron chi connectivity index (χ3n) is 5.13. The van der Waals surface area contributed by atoms with Gasteiger partial charge in [0, 0.05) is 11.1 Å². The molecule has 14 rings (SSSR count). The van der Waals surface area contributed by atoms with Crippen LogP contribution in [0.5, 0.6) is 11.5 Å². The molecule has 2 fully saturated rings. The molecule has 36 heavy (non-hydrogen) atoms. The summed E-state index contributed by atoms with van der Waals surface area (Å²) in [6, 6.07) is 13.7. The van der Waals surface area contributed by atoms with Gasteiger partial charge in [-0.2, -0.15) is 18.6 Å². The fraction of sp³-hybridized carbons (Fsp3) is 0.364. The molecule has 0 spiro atoms. The zero-order valence-corrected chi connectivity index (χ0v) is 24.3. The van der Waals surface area contributed by atoms with Gasteiger partial charge >= 0.3 is 11.9 Å². The highest BCUT2D eigenvalue weighted by Crippen LogP contribution is 2.71. The number of carbonyl (C=O) groups excluding carboxylic acids is 2. The normalized spacial score (nSPS) is 27.2. The van der Waals surface area contributed by atoms with Gasteiger partial charge in [-0.15, -0.1) is 0 Å². The van der Waals surface area contributed by atoms with Gasteiger partial charge in [0.25, 0.3) is 33.8 Å². The highest BCUT2D eigenvalue weighted by atomic mass is 31.3. The quantitative estimate of drug-likeness (QED) is 0.331. The van der Waals surface area contributed by atoms with Crippen molar-refractivity contribution in [3.05, 3.63) is 59.7 Å². The standard InChI is InChI=1S/C22H28N4O6P4/c1-21(2,3)25-33-23-35(25)31-19(27)15-9-13-18(14-10-15)30-34-24-36(26(34)22(4,5)6)32-20(28)16-7-11-17(29-33)12-8-16/h7-14,23-24H,1-6H3. The van der Waals surface area contributed by atoms with E-state index in [4.69, 9.17) is 18.1 Å². The number of hydrogen-bond acceptors (Lipinski definition) is 10. The van der Waals surface area contributed by atoms with Gasteiger partial charge in [-0.1, -0.05) is 0 Å². The molecule has 2 N–H and O–H groups in total. The fourth-order valence-electron chi connectivity index (χ4n) is 3.48. The average molecular weight is 568 g/mol. The zero-order chi connectivity index (χ0) is 25.8. The first-order chi connectivity index (χ1) is 16.9. The minimum atomic E-state index is -1.37. The van der Waals surface area contributed by atoms with E-state index in [9.17, 15) is 9.59 Å². The molecule has 0 radical (unpaired) electrons. The van der Waals surface area contributed by atoms with Crippen molar-refractivity contribution in [2.75, 3.05) is 0 Å². The summed E-state index contributed by atoms with van der Waals surface area (Å²) in [6.45, 7) is 12.3. The fourth-order valence-corrected chi connectivity index (χ4v) is 11.3. The second-order valence-electron chi connectivity index (χ2n) is 10.2. The number of nitrogens with zero attached hydrogens (tertiary/aromatic N) is 2. The first kappa shape index (κ1) is 26.2. The van der Waals surface area contributed by atoms with Crippen LogP contribution in [0.4, 0.5) is 0 Å². The molecule has 4 atom stereocenters. The molecule has 2 aromatic rings. The molecule has 12 aliphatic rings. The van der Waals surface area contributed by atoms with Crippen molar-refractivity contribution in [1.82, 2.24) is 18.6 Å². The predicted octanol–water partition coefficient (Wildman–Crippen LogP) is 6.79. The second kappa shape index (κ2) is 9.69. The van der Waals surface area contributed by atoms with Crippen LogP contribution in [-0.2, 0) is 9.05 Å². The van der Waals surface area contributed by atoms with E-state index in [-0.39, 0.29) is 11.1 Å². The van der Waals surface area contributed by atoms with Gasteiger partial charge < -0.3 is 18.1 Å². The molecule has 14 heteroatoms.